The zero-order chi connectivity index (χ0) is 16.0. The molecule has 1 fully saturated rings. The molecule has 124 valence electrons. The second-order valence-electron chi connectivity index (χ2n) is 5.38. The van der Waals surface area contributed by atoms with Gasteiger partial charge < -0.3 is 9.84 Å². The fourth-order valence-corrected chi connectivity index (χ4v) is 4.31. The summed E-state index contributed by atoms with van der Waals surface area (Å²) in [7, 11) is -2.02. The predicted octanol–water partition coefficient (Wildman–Crippen LogP) is 0.775. The standard InChI is InChI=1S/C13H26N2O5S/c1-4-11(2)15(9-10-20-3)21(18,19)14-7-5-12(6-8-14)13(16)17/h11-12H,4-10H2,1-3H3,(H,16,17). The first-order valence-corrected chi connectivity index (χ1v) is 8.72. The molecule has 0 radical (unpaired) electrons. The van der Waals surface area contributed by atoms with Gasteiger partial charge in [0.1, 0.15) is 0 Å². The Morgan fingerprint density at radius 3 is 2.43 bits per heavy atom. The van der Waals surface area contributed by atoms with Crippen molar-refractivity contribution in [3.63, 3.8) is 0 Å². The number of hydrogen-bond acceptors (Lipinski definition) is 4. The molecule has 0 aromatic carbocycles. The number of carboxylic acid groups (broad SMARTS) is 1. The van der Waals surface area contributed by atoms with Gasteiger partial charge in [0.15, 0.2) is 0 Å². The van der Waals surface area contributed by atoms with Crippen molar-refractivity contribution in [1.82, 2.24) is 8.61 Å². The maximum atomic E-state index is 12.7. The van der Waals surface area contributed by atoms with Crippen LogP contribution in [-0.2, 0) is 19.7 Å². The average Bonchev–Trinajstić information content (AvgIpc) is 2.47. The second kappa shape index (κ2) is 8.07. The zero-order valence-electron chi connectivity index (χ0n) is 13.0. The van der Waals surface area contributed by atoms with E-state index in [1.807, 2.05) is 13.8 Å². The Morgan fingerprint density at radius 2 is 2.00 bits per heavy atom. The van der Waals surface area contributed by atoms with Gasteiger partial charge in [0.25, 0.3) is 10.2 Å². The number of piperidine rings is 1. The number of aliphatic carboxylic acids is 1. The summed E-state index contributed by atoms with van der Waals surface area (Å²) in [6, 6.07) is -0.109. The van der Waals surface area contributed by atoms with Gasteiger partial charge in [-0.1, -0.05) is 6.92 Å². The fraction of sp³-hybridized carbons (Fsp3) is 0.923. The molecule has 0 aromatic heterocycles. The molecule has 8 heteroatoms. The van der Waals surface area contributed by atoms with E-state index in [9.17, 15) is 13.2 Å². The summed E-state index contributed by atoms with van der Waals surface area (Å²) in [4.78, 5) is 10.9. The number of methoxy groups -OCH3 is 1. The lowest BCUT2D eigenvalue weighted by molar-refractivity contribution is -0.142. The highest BCUT2D eigenvalue weighted by molar-refractivity contribution is 7.86. The lowest BCUT2D eigenvalue weighted by Gasteiger charge is -2.36. The van der Waals surface area contributed by atoms with Crippen LogP contribution in [0.3, 0.4) is 0 Å². The van der Waals surface area contributed by atoms with Gasteiger partial charge in [-0.3, -0.25) is 4.79 Å². The van der Waals surface area contributed by atoms with E-state index in [1.165, 1.54) is 8.61 Å². The Kier molecular flexibility index (Phi) is 7.05. The quantitative estimate of drug-likeness (QED) is 0.713. The van der Waals surface area contributed by atoms with E-state index in [0.29, 0.717) is 32.4 Å². The normalized spacial score (nSPS) is 19.8. The number of carboxylic acids is 1. The summed E-state index contributed by atoms with van der Waals surface area (Å²) >= 11 is 0. The summed E-state index contributed by atoms with van der Waals surface area (Å²) in [5.74, 6) is -1.28. The lowest BCUT2D eigenvalue weighted by Crippen LogP contribution is -2.51. The van der Waals surface area contributed by atoms with Crippen molar-refractivity contribution in [2.24, 2.45) is 5.92 Å². The Balaban J connectivity index is 2.79. The predicted molar refractivity (Wildman–Crippen MR) is 79.2 cm³/mol. The van der Waals surface area contributed by atoms with Crippen molar-refractivity contribution in [3.8, 4) is 0 Å². The van der Waals surface area contributed by atoms with Crippen molar-refractivity contribution in [2.45, 2.75) is 39.2 Å². The van der Waals surface area contributed by atoms with Crippen LogP contribution in [0, 0.1) is 5.92 Å². The summed E-state index contributed by atoms with van der Waals surface area (Å²) in [5.41, 5.74) is 0. The van der Waals surface area contributed by atoms with Gasteiger partial charge in [-0.15, -0.1) is 0 Å². The molecule has 1 aliphatic heterocycles. The molecule has 1 atom stereocenters. The van der Waals surface area contributed by atoms with E-state index in [2.05, 4.69) is 0 Å². The molecule has 0 aliphatic carbocycles. The molecule has 7 nitrogen and oxygen atoms in total. The van der Waals surface area contributed by atoms with Crippen molar-refractivity contribution >= 4 is 16.2 Å². The Labute approximate surface area is 127 Å². The maximum Gasteiger partial charge on any atom is 0.306 e. The molecule has 0 bridgehead atoms. The van der Waals surface area contributed by atoms with Crippen LogP contribution >= 0.6 is 0 Å². The molecular weight excluding hydrogens is 296 g/mol. The lowest BCUT2D eigenvalue weighted by atomic mass is 9.99. The van der Waals surface area contributed by atoms with E-state index in [1.54, 1.807) is 7.11 Å². The minimum Gasteiger partial charge on any atom is -0.481 e. The van der Waals surface area contributed by atoms with Gasteiger partial charge >= 0.3 is 5.97 Å². The van der Waals surface area contributed by atoms with E-state index in [-0.39, 0.29) is 19.1 Å². The Bertz CT molecular complexity index is 432. The van der Waals surface area contributed by atoms with Crippen LogP contribution in [0.25, 0.3) is 0 Å². The molecule has 0 saturated carbocycles. The zero-order valence-corrected chi connectivity index (χ0v) is 13.8. The molecule has 1 unspecified atom stereocenters. The van der Waals surface area contributed by atoms with E-state index >= 15 is 0 Å². The molecule has 0 aromatic rings. The summed E-state index contributed by atoms with van der Waals surface area (Å²) in [5, 5.41) is 8.98. The Morgan fingerprint density at radius 1 is 1.43 bits per heavy atom. The topological polar surface area (TPSA) is 87.2 Å². The number of nitrogens with zero attached hydrogens (tertiary/aromatic N) is 2. The third-order valence-electron chi connectivity index (χ3n) is 4.02. The molecule has 1 rings (SSSR count). The number of rotatable bonds is 8. The van der Waals surface area contributed by atoms with Crippen LogP contribution in [0.2, 0.25) is 0 Å². The largest absolute Gasteiger partial charge is 0.481 e. The Hall–Kier alpha value is -0.700. The third kappa shape index (κ3) is 4.64. The van der Waals surface area contributed by atoms with Crippen molar-refractivity contribution in [2.75, 3.05) is 33.4 Å². The molecule has 0 amide bonds. The van der Waals surface area contributed by atoms with Crippen LogP contribution in [0.4, 0.5) is 0 Å². The van der Waals surface area contributed by atoms with E-state index in [4.69, 9.17) is 9.84 Å². The average molecular weight is 322 g/mol. The second-order valence-corrected chi connectivity index (χ2v) is 7.26. The minimum atomic E-state index is -3.56. The van der Waals surface area contributed by atoms with E-state index in [0.717, 1.165) is 0 Å². The highest BCUT2D eigenvalue weighted by atomic mass is 32.2. The summed E-state index contributed by atoms with van der Waals surface area (Å²) in [6.45, 7) is 4.99. The van der Waals surface area contributed by atoms with Crippen LogP contribution < -0.4 is 0 Å². The van der Waals surface area contributed by atoms with Crippen molar-refractivity contribution in [3.05, 3.63) is 0 Å². The van der Waals surface area contributed by atoms with Crippen molar-refractivity contribution < 1.29 is 23.1 Å². The van der Waals surface area contributed by atoms with Crippen LogP contribution in [0.15, 0.2) is 0 Å². The summed E-state index contributed by atoms with van der Waals surface area (Å²) < 4.78 is 33.3. The SMILES string of the molecule is CCC(C)N(CCOC)S(=O)(=O)N1CCC(C(=O)O)CC1. The first-order chi connectivity index (χ1) is 9.84. The van der Waals surface area contributed by atoms with Crippen LogP contribution in [0.5, 0.6) is 0 Å². The minimum absolute atomic E-state index is 0.109. The van der Waals surface area contributed by atoms with Gasteiger partial charge in [-0.25, -0.2) is 0 Å². The highest BCUT2D eigenvalue weighted by Gasteiger charge is 2.36. The molecular formula is C13H26N2O5S. The summed E-state index contributed by atoms with van der Waals surface area (Å²) in [6.07, 6.45) is 1.45. The number of hydrogen-bond donors (Lipinski definition) is 1. The molecule has 1 N–H and O–H groups in total. The van der Waals surface area contributed by atoms with E-state index < -0.39 is 22.1 Å². The molecule has 1 heterocycles. The van der Waals surface area contributed by atoms with Gasteiger partial charge in [-0.2, -0.15) is 17.0 Å². The van der Waals surface area contributed by atoms with Gasteiger partial charge in [0, 0.05) is 32.8 Å². The molecule has 21 heavy (non-hydrogen) atoms. The monoisotopic (exact) mass is 322 g/mol. The van der Waals surface area contributed by atoms with Gasteiger partial charge in [0.2, 0.25) is 0 Å². The van der Waals surface area contributed by atoms with Crippen LogP contribution in [0.1, 0.15) is 33.1 Å². The number of ether oxygens (including phenoxy) is 1. The number of carbonyl (C=O) groups is 1. The first-order valence-electron chi connectivity index (χ1n) is 7.33. The smallest absolute Gasteiger partial charge is 0.306 e. The van der Waals surface area contributed by atoms with Crippen LogP contribution in [-0.4, -0.2) is 67.5 Å². The highest BCUT2D eigenvalue weighted by Crippen LogP contribution is 2.23. The van der Waals surface area contributed by atoms with Gasteiger partial charge in [0.05, 0.1) is 12.5 Å². The maximum absolute atomic E-state index is 12.7. The van der Waals surface area contributed by atoms with Gasteiger partial charge in [-0.05, 0) is 26.2 Å². The molecule has 1 aliphatic rings. The molecule has 1 saturated heterocycles. The van der Waals surface area contributed by atoms with Crippen molar-refractivity contribution in [1.29, 1.82) is 0 Å². The fourth-order valence-electron chi connectivity index (χ4n) is 2.43. The third-order valence-corrected chi connectivity index (χ3v) is 6.18. The first kappa shape index (κ1) is 18.3. The molecule has 0 spiro atoms.